The molecule has 0 radical (unpaired) electrons. The van der Waals surface area contributed by atoms with E-state index in [9.17, 15) is 4.79 Å². The van der Waals surface area contributed by atoms with Crippen molar-refractivity contribution >= 4 is 5.91 Å². The van der Waals surface area contributed by atoms with Crippen molar-refractivity contribution in [2.45, 2.75) is 25.8 Å². The van der Waals surface area contributed by atoms with Gasteiger partial charge in [-0.05, 0) is 43.5 Å². The molecule has 4 nitrogen and oxygen atoms in total. The molecule has 0 spiro atoms. The number of pyridine rings is 1. The van der Waals surface area contributed by atoms with Gasteiger partial charge in [0.25, 0.3) is 0 Å². The minimum absolute atomic E-state index is 0.153. The number of nitrogens with zero attached hydrogens (tertiary/aromatic N) is 1. The third-order valence-corrected chi connectivity index (χ3v) is 3.15. The Morgan fingerprint density at radius 1 is 1.47 bits per heavy atom. The molecule has 0 aliphatic carbocycles. The first-order valence-electron chi connectivity index (χ1n) is 6.21. The largest absolute Gasteiger partial charge is 0.352 e. The summed E-state index contributed by atoms with van der Waals surface area (Å²) < 4.78 is 0. The predicted octanol–water partition coefficient (Wildman–Crippen LogP) is 1.09. The summed E-state index contributed by atoms with van der Waals surface area (Å²) in [6.07, 6.45) is 6.40. The molecule has 1 aromatic heterocycles. The van der Waals surface area contributed by atoms with E-state index in [1.165, 1.54) is 0 Å². The first-order valence-corrected chi connectivity index (χ1v) is 6.21. The van der Waals surface area contributed by atoms with Gasteiger partial charge in [0.15, 0.2) is 0 Å². The van der Waals surface area contributed by atoms with Gasteiger partial charge in [-0.15, -0.1) is 0 Å². The van der Waals surface area contributed by atoms with E-state index in [0.717, 1.165) is 31.5 Å². The summed E-state index contributed by atoms with van der Waals surface area (Å²) in [5.74, 6) is 0.700. The van der Waals surface area contributed by atoms with Crippen LogP contribution in [-0.4, -0.2) is 24.0 Å². The van der Waals surface area contributed by atoms with Crippen molar-refractivity contribution in [3.63, 3.8) is 0 Å². The summed E-state index contributed by atoms with van der Waals surface area (Å²) in [5.41, 5.74) is 1.05. The average molecular weight is 233 g/mol. The highest BCUT2D eigenvalue weighted by molar-refractivity contribution is 5.76. The van der Waals surface area contributed by atoms with Crippen LogP contribution < -0.4 is 10.6 Å². The fraction of sp³-hybridized carbons (Fsp3) is 0.538. The van der Waals surface area contributed by atoms with Crippen molar-refractivity contribution in [1.29, 1.82) is 0 Å². The molecule has 0 aromatic carbocycles. The van der Waals surface area contributed by atoms with Crippen molar-refractivity contribution in [2.24, 2.45) is 5.92 Å². The normalized spacial score (nSPS) is 16.7. The van der Waals surface area contributed by atoms with Crippen LogP contribution >= 0.6 is 0 Å². The molecule has 0 unspecified atom stereocenters. The molecule has 2 N–H and O–H groups in total. The van der Waals surface area contributed by atoms with Crippen LogP contribution in [-0.2, 0) is 11.3 Å². The first kappa shape index (κ1) is 12.0. The lowest BCUT2D eigenvalue weighted by Gasteiger charge is -2.21. The number of carbonyl (C=O) groups excluding carboxylic acids is 1. The van der Waals surface area contributed by atoms with Crippen LogP contribution in [0.4, 0.5) is 0 Å². The van der Waals surface area contributed by atoms with Gasteiger partial charge >= 0.3 is 0 Å². The maximum Gasteiger partial charge on any atom is 0.220 e. The number of nitrogens with one attached hydrogen (secondary N) is 2. The zero-order chi connectivity index (χ0) is 11.9. The zero-order valence-corrected chi connectivity index (χ0v) is 9.98. The van der Waals surface area contributed by atoms with Crippen molar-refractivity contribution in [2.75, 3.05) is 13.1 Å². The lowest BCUT2D eigenvalue weighted by Crippen LogP contribution is -2.32. The number of hydrogen-bond acceptors (Lipinski definition) is 3. The van der Waals surface area contributed by atoms with E-state index in [0.29, 0.717) is 18.9 Å². The highest BCUT2D eigenvalue weighted by atomic mass is 16.1. The van der Waals surface area contributed by atoms with Gasteiger partial charge in [0.1, 0.15) is 0 Å². The van der Waals surface area contributed by atoms with Gasteiger partial charge in [-0.1, -0.05) is 6.07 Å². The number of carbonyl (C=O) groups is 1. The molecule has 0 atom stereocenters. The first-order chi connectivity index (χ1) is 8.34. The average Bonchev–Trinajstić information content (AvgIpc) is 2.39. The van der Waals surface area contributed by atoms with Gasteiger partial charge in [-0.25, -0.2) is 0 Å². The second-order valence-corrected chi connectivity index (χ2v) is 4.54. The Hall–Kier alpha value is -1.42. The molecule has 2 rings (SSSR count). The second-order valence-electron chi connectivity index (χ2n) is 4.54. The Morgan fingerprint density at radius 3 is 3.00 bits per heavy atom. The Balaban J connectivity index is 1.70. The molecule has 4 heteroatoms. The van der Waals surface area contributed by atoms with Gasteiger partial charge in [0, 0.05) is 25.4 Å². The summed E-state index contributed by atoms with van der Waals surface area (Å²) in [7, 11) is 0. The van der Waals surface area contributed by atoms with Gasteiger partial charge in [-0.2, -0.15) is 0 Å². The zero-order valence-electron chi connectivity index (χ0n) is 9.98. The fourth-order valence-electron chi connectivity index (χ4n) is 2.12. The molecule has 1 saturated heterocycles. The van der Waals surface area contributed by atoms with Gasteiger partial charge in [0.05, 0.1) is 0 Å². The lowest BCUT2D eigenvalue weighted by atomic mass is 9.94. The molecule has 1 fully saturated rings. The highest BCUT2D eigenvalue weighted by Gasteiger charge is 2.16. The number of amides is 1. The monoisotopic (exact) mass is 233 g/mol. The Labute approximate surface area is 102 Å². The van der Waals surface area contributed by atoms with E-state index < -0.39 is 0 Å². The summed E-state index contributed by atoms with van der Waals surface area (Å²) in [5, 5.41) is 6.25. The topological polar surface area (TPSA) is 54.0 Å². The quantitative estimate of drug-likeness (QED) is 0.818. The highest BCUT2D eigenvalue weighted by Crippen LogP contribution is 2.15. The lowest BCUT2D eigenvalue weighted by molar-refractivity contribution is -0.122. The molecule has 92 valence electrons. The van der Waals surface area contributed by atoms with E-state index in [1.54, 1.807) is 12.4 Å². The smallest absolute Gasteiger partial charge is 0.220 e. The van der Waals surface area contributed by atoms with Crippen LogP contribution in [0.5, 0.6) is 0 Å². The summed E-state index contributed by atoms with van der Waals surface area (Å²) in [6.45, 7) is 2.67. The van der Waals surface area contributed by atoms with E-state index in [2.05, 4.69) is 15.6 Å². The summed E-state index contributed by atoms with van der Waals surface area (Å²) >= 11 is 0. The fourth-order valence-corrected chi connectivity index (χ4v) is 2.12. The number of hydrogen-bond donors (Lipinski definition) is 2. The van der Waals surface area contributed by atoms with Crippen LogP contribution in [0.1, 0.15) is 24.8 Å². The Bertz CT molecular complexity index is 347. The maximum atomic E-state index is 11.7. The molecule has 2 heterocycles. The third kappa shape index (κ3) is 4.15. The number of rotatable bonds is 4. The molecule has 1 aliphatic rings. The molecule has 17 heavy (non-hydrogen) atoms. The molecule has 0 saturated carbocycles. The molecule has 1 aliphatic heterocycles. The number of piperidine rings is 1. The van der Waals surface area contributed by atoms with Crippen molar-refractivity contribution in [3.05, 3.63) is 30.1 Å². The minimum atomic E-state index is 0.153. The summed E-state index contributed by atoms with van der Waals surface area (Å²) in [6, 6.07) is 3.85. The van der Waals surface area contributed by atoms with Crippen LogP contribution in [0.15, 0.2) is 24.5 Å². The Morgan fingerprint density at radius 2 is 2.29 bits per heavy atom. The van der Waals surface area contributed by atoms with E-state index in [4.69, 9.17) is 0 Å². The van der Waals surface area contributed by atoms with E-state index in [1.807, 2.05) is 12.1 Å². The molecule has 1 aromatic rings. The van der Waals surface area contributed by atoms with Gasteiger partial charge in [0.2, 0.25) is 5.91 Å². The van der Waals surface area contributed by atoms with Crippen molar-refractivity contribution in [3.8, 4) is 0 Å². The van der Waals surface area contributed by atoms with Gasteiger partial charge in [-0.3, -0.25) is 9.78 Å². The minimum Gasteiger partial charge on any atom is -0.352 e. The predicted molar refractivity (Wildman–Crippen MR) is 66.3 cm³/mol. The number of aromatic nitrogens is 1. The van der Waals surface area contributed by atoms with Crippen LogP contribution in [0.25, 0.3) is 0 Å². The van der Waals surface area contributed by atoms with Crippen LogP contribution in [0.2, 0.25) is 0 Å². The summed E-state index contributed by atoms with van der Waals surface area (Å²) in [4.78, 5) is 15.8. The van der Waals surface area contributed by atoms with Crippen LogP contribution in [0, 0.1) is 5.92 Å². The van der Waals surface area contributed by atoms with Crippen LogP contribution in [0.3, 0.4) is 0 Å². The van der Waals surface area contributed by atoms with Crippen molar-refractivity contribution in [1.82, 2.24) is 15.6 Å². The van der Waals surface area contributed by atoms with Crippen molar-refractivity contribution < 1.29 is 4.79 Å². The van der Waals surface area contributed by atoms with E-state index in [-0.39, 0.29) is 5.91 Å². The third-order valence-electron chi connectivity index (χ3n) is 3.15. The molecule has 0 bridgehead atoms. The Kier molecular flexibility index (Phi) is 4.50. The second kappa shape index (κ2) is 6.35. The maximum absolute atomic E-state index is 11.7. The molecular weight excluding hydrogens is 214 g/mol. The molecular formula is C13H19N3O. The standard InChI is InChI=1S/C13H19N3O/c17-13(8-11-3-6-14-7-4-11)16-10-12-2-1-5-15-9-12/h1-2,5,9,11,14H,3-4,6-8,10H2,(H,16,17). The van der Waals surface area contributed by atoms with Gasteiger partial charge < -0.3 is 10.6 Å². The van der Waals surface area contributed by atoms with E-state index >= 15 is 0 Å². The molecule has 1 amide bonds. The SMILES string of the molecule is O=C(CC1CCNCC1)NCc1cccnc1.